The van der Waals surface area contributed by atoms with Gasteiger partial charge in [-0.1, -0.05) is 105 Å². The number of thioether (sulfide) groups is 1. The second-order valence-corrected chi connectivity index (χ2v) is 24.2. The van der Waals surface area contributed by atoms with E-state index in [4.69, 9.17) is 0 Å². The molecule has 5 aliphatic carbocycles. The number of benzene rings is 1. The van der Waals surface area contributed by atoms with E-state index in [1.54, 1.807) is 18.4 Å². The highest BCUT2D eigenvalue weighted by atomic mass is 32.2. The number of hydrogen-bond acceptors (Lipinski definition) is 1. The third kappa shape index (κ3) is 4.32. The lowest BCUT2D eigenvalue weighted by Crippen LogP contribution is -2.48. The lowest BCUT2D eigenvalue weighted by Gasteiger charge is -2.50. The molecule has 6 fully saturated rings. The highest BCUT2D eigenvalue weighted by Gasteiger charge is 2.65. The summed E-state index contributed by atoms with van der Waals surface area (Å²) in [6.07, 6.45) is 13.7. The van der Waals surface area contributed by atoms with E-state index in [0.717, 1.165) is 80.8 Å². The van der Waals surface area contributed by atoms with Crippen LogP contribution >= 0.6 is 11.8 Å². The van der Waals surface area contributed by atoms with Gasteiger partial charge in [-0.25, -0.2) is 0 Å². The average molecular weight is 577 g/mol. The molecule has 6 aliphatic rings. The first-order chi connectivity index (χ1) is 19.0. The maximum Gasteiger partial charge on any atom is 0.0555 e. The minimum atomic E-state index is -1.49. The quantitative estimate of drug-likeness (QED) is 0.322. The summed E-state index contributed by atoms with van der Waals surface area (Å²) in [5.74, 6) is 9.65. The Hall–Kier alpha value is -0.213. The van der Waals surface area contributed by atoms with Gasteiger partial charge in [0.2, 0.25) is 0 Å². The maximum absolute atomic E-state index is 2.93. The summed E-state index contributed by atoms with van der Waals surface area (Å²) < 4.78 is 0. The monoisotopic (exact) mass is 576 g/mol. The van der Waals surface area contributed by atoms with Crippen molar-refractivity contribution < 1.29 is 0 Å². The molecule has 1 saturated heterocycles. The van der Waals surface area contributed by atoms with Gasteiger partial charge >= 0.3 is 0 Å². The molecule has 1 aliphatic heterocycles. The predicted octanol–water partition coefficient (Wildman–Crippen LogP) is 11.2. The molecule has 0 spiro atoms. The Morgan fingerprint density at radius 1 is 0.725 bits per heavy atom. The van der Waals surface area contributed by atoms with Crippen molar-refractivity contribution in [3.8, 4) is 0 Å². The summed E-state index contributed by atoms with van der Waals surface area (Å²) in [7, 11) is -1.49. The minimum absolute atomic E-state index is 0.245. The van der Waals surface area contributed by atoms with Gasteiger partial charge in [0.25, 0.3) is 0 Å². The molecular weight excluding hydrogens is 517 g/mol. The van der Waals surface area contributed by atoms with Crippen molar-refractivity contribution in [2.24, 2.45) is 53.3 Å². The van der Waals surface area contributed by atoms with Gasteiger partial charge in [-0.05, 0) is 119 Å². The first-order valence-electron chi connectivity index (χ1n) is 17.7. The Kier molecular flexibility index (Phi) is 7.26. The molecule has 1 aromatic carbocycles. The van der Waals surface area contributed by atoms with Crippen LogP contribution in [0.25, 0.3) is 0 Å². The van der Waals surface area contributed by atoms with E-state index in [-0.39, 0.29) is 5.41 Å². The van der Waals surface area contributed by atoms with Crippen LogP contribution in [0.3, 0.4) is 0 Å². The summed E-state index contributed by atoms with van der Waals surface area (Å²) in [4.78, 5) is 0. The molecule has 1 heterocycles. The number of fused-ring (bicyclic) bond motifs is 5. The molecule has 0 amide bonds. The molecule has 1 aromatic rings. The number of hydrogen-bond donors (Lipinski definition) is 0. The summed E-state index contributed by atoms with van der Waals surface area (Å²) in [6.45, 7) is 21.1. The van der Waals surface area contributed by atoms with E-state index in [0.29, 0.717) is 0 Å². The van der Waals surface area contributed by atoms with Gasteiger partial charge < -0.3 is 0 Å². The van der Waals surface area contributed by atoms with Crippen LogP contribution in [0.15, 0.2) is 24.3 Å². The summed E-state index contributed by atoms with van der Waals surface area (Å²) in [5.41, 5.74) is 5.54. The van der Waals surface area contributed by atoms with E-state index >= 15 is 0 Å². The Morgan fingerprint density at radius 2 is 1.43 bits per heavy atom. The maximum atomic E-state index is 2.93. The minimum Gasteiger partial charge on any atom is -0.155 e. The normalized spacial score (nSPS) is 48.5. The van der Waals surface area contributed by atoms with Crippen molar-refractivity contribution in [3.05, 3.63) is 35.4 Å². The summed E-state index contributed by atoms with van der Waals surface area (Å²) in [6, 6.07) is 10.2. The molecule has 5 saturated carbocycles. The van der Waals surface area contributed by atoms with E-state index in [1.807, 2.05) is 0 Å². The topological polar surface area (TPSA) is 0 Å². The van der Waals surface area contributed by atoms with Gasteiger partial charge in [0, 0.05) is 10.5 Å². The largest absolute Gasteiger partial charge is 0.155 e. The Balaban J connectivity index is 1.21. The average Bonchev–Trinajstić information content (AvgIpc) is 3.64. The van der Waals surface area contributed by atoms with Gasteiger partial charge in [0.15, 0.2) is 0 Å². The van der Waals surface area contributed by atoms with Crippen LogP contribution in [-0.4, -0.2) is 18.6 Å². The van der Waals surface area contributed by atoms with Gasteiger partial charge in [-0.15, -0.1) is 0 Å². The molecule has 0 nitrogen and oxygen atoms in total. The van der Waals surface area contributed by atoms with Crippen LogP contribution in [0.4, 0.5) is 0 Å². The second kappa shape index (κ2) is 10.2. The fraction of sp³-hybridized carbons (Fsp3) is 0.842. The smallest absolute Gasteiger partial charge is 0.0555 e. The zero-order valence-corrected chi connectivity index (χ0v) is 29.0. The van der Waals surface area contributed by atoms with Gasteiger partial charge in [-0.2, -0.15) is 11.8 Å². The van der Waals surface area contributed by atoms with Crippen molar-refractivity contribution in [1.82, 2.24) is 0 Å². The van der Waals surface area contributed by atoms with Crippen LogP contribution in [-0.2, 0) is 5.41 Å². The van der Waals surface area contributed by atoms with Crippen molar-refractivity contribution in [1.29, 1.82) is 0 Å². The molecule has 0 aromatic heterocycles. The third-order valence-electron chi connectivity index (χ3n) is 14.7. The van der Waals surface area contributed by atoms with Crippen molar-refractivity contribution in [3.63, 3.8) is 0 Å². The Bertz CT molecular complexity index is 1070. The first kappa shape index (κ1) is 28.6. The zero-order valence-electron chi connectivity index (χ0n) is 27.2. The van der Waals surface area contributed by atoms with Crippen molar-refractivity contribution in [2.45, 2.75) is 145 Å². The van der Waals surface area contributed by atoms with Crippen molar-refractivity contribution >= 4 is 19.8 Å². The van der Waals surface area contributed by atoms with Crippen LogP contribution in [0, 0.1) is 53.3 Å². The fourth-order valence-electron chi connectivity index (χ4n) is 13.2. The Labute approximate surface area is 253 Å². The van der Waals surface area contributed by atoms with Crippen LogP contribution < -0.4 is 0 Å². The lowest BCUT2D eigenvalue weighted by atomic mass is 9.61. The molecule has 14 atom stereocenters. The molecule has 7 rings (SSSR count). The molecular formula is C38H60SSi. The van der Waals surface area contributed by atoms with E-state index in [9.17, 15) is 0 Å². The van der Waals surface area contributed by atoms with Crippen molar-refractivity contribution in [2.75, 3.05) is 0 Å². The van der Waals surface area contributed by atoms with E-state index in [2.05, 4.69) is 90.7 Å². The first-order valence-corrected chi connectivity index (χ1v) is 21.8. The van der Waals surface area contributed by atoms with E-state index < -0.39 is 8.07 Å². The van der Waals surface area contributed by atoms with Gasteiger partial charge in [-0.3, -0.25) is 0 Å². The summed E-state index contributed by atoms with van der Waals surface area (Å²) in [5, 5.41) is 2.00. The van der Waals surface area contributed by atoms with Gasteiger partial charge in [0.1, 0.15) is 0 Å². The zero-order chi connectivity index (χ0) is 28.1. The highest BCUT2D eigenvalue weighted by molar-refractivity contribution is 8.01. The molecule has 2 heteroatoms. The SMILES string of the molecule is CC1CC2C(CC3CCCC3C2c2ccc(C(C)(C)C)cc2)C1[Si](C)(C)C1C(C)C(C)C2C3CCCCC3SC21. The van der Waals surface area contributed by atoms with Crippen LogP contribution in [0.1, 0.15) is 116 Å². The predicted molar refractivity (Wildman–Crippen MR) is 178 cm³/mol. The molecule has 222 valence electrons. The van der Waals surface area contributed by atoms with Crippen LogP contribution in [0.5, 0.6) is 0 Å². The fourth-order valence-corrected chi connectivity index (χ4v) is 23.1. The Morgan fingerprint density at radius 3 is 2.15 bits per heavy atom. The summed E-state index contributed by atoms with van der Waals surface area (Å²) >= 11 is 2.55. The molecule has 0 radical (unpaired) electrons. The second-order valence-electron chi connectivity index (χ2n) is 17.8. The molecule has 40 heavy (non-hydrogen) atoms. The van der Waals surface area contributed by atoms with Gasteiger partial charge in [0.05, 0.1) is 8.07 Å². The van der Waals surface area contributed by atoms with E-state index in [1.165, 1.54) is 50.5 Å². The standard InChI is InChI=1S/C38H60SSi/c1-22-20-30-31(21-26-12-11-14-28(26)34(30)25-16-18-27(19-17-25)38(4,5)6)36(22)40(7,8)37-24(3)23(2)33-29-13-9-10-15-32(29)39-35(33)37/h16-19,22-24,26,28-37H,9-15,20-21H2,1-8H3. The molecule has 0 bridgehead atoms. The molecule has 0 N–H and O–H groups in total. The molecule has 14 unspecified atom stereocenters. The van der Waals surface area contributed by atoms with Crippen LogP contribution in [0.2, 0.25) is 24.2 Å². The lowest BCUT2D eigenvalue weighted by molar-refractivity contribution is 0.121. The number of rotatable bonds is 3. The third-order valence-corrected chi connectivity index (χ3v) is 22.1. The highest BCUT2D eigenvalue weighted by Crippen LogP contribution is 2.71.